The minimum atomic E-state index is -0.346. The third-order valence-electron chi connectivity index (χ3n) is 1.86. The van der Waals surface area contributed by atoms with Crippen LogP contribution in [0.4, 0.5) is 5.69 Å². The van der Waals surface area contributed by atoms with E-state index in [4.69, 9.17) is 22.1 Å². The summed E-state index contributed by atoms with van der Waals surface area (Å²) in [6, 6.07) is 6.67. The van der Waals surface area contributed by atoms with E-state index in [1.807, 2.05) is 0 Å². The average molecular weight is 255 g/mol. The number of hydrogen-bond donors (Lipinski definition) is 1. The van der Waals surface area contributed by atoms with E-state index in [1.165, 1.54) is 0 Å². The van der Waals surface area contributed by atoms with Crippen LogP contribution in [0.1, 0.15) is 24.2 Å². The number of nitrogens with two attached hydrogens (primary N) is 1. The molecule has 2 N–H and O–H groups in total. The average Bonchev–Trinajstić information content (AvgIpc) is 2.28. The molecule has 17 heavy (non-hydrogen) atoms. The normalized spacial score (nSPS) is 11.6. The summed E-state index contributed by atoms with van der Waals surface area (Å²) >= 11 is 5.51. The lowest BCUT2D eigenvalue weighted by Crippen LogP contribution is -2.12. The highest BCUT2D eigenvalue weighted by molar-refractivity contribution is 6.28. The first-order chi connectivity index (χ1) is 8.02. The van der Waals surface area contributed by atoms with Gasteiger partial charge in [0.1, 0.15) is 5.84 Å². The maximum atomic E-state index is 11.5. The van der Waals surface area contributed by atoms with E-state index in [9.17, 15) is 4.79 Å². The number of carbonyl (C=O) groups excluding carboxylic acids is 1. The highest BCUT2D eigenvalue weighted by Gasteiger charge is 2.08. The third kappa shape index (κ3) is 4.44. The Balaban J connectivity index is 2.78. The lowest BCUT2D eigenvalue weighted by atomic mass is 10.2. The van der Waals surface area contributed by atoms with E-state index in [2.05, 4.69) is 4.99 Å². The van der Waals surface area contributed by atoms with Gasteiger partial charge in [0.2, 0.25) is 0 Å². The zero-order chi connectivity index (χ0) is 12.8. The van der Waals surface area contributed by atoms with Gasteiger partial charge in [0, 0.05) is 0 Å². The second-order valence-electron chi connectivity index (χ2n) is 3.74. The molecule has 1 aromatic carbocycles. The van der Waals surface area contributed by atoms with Crippen LogP contribution in [-0.4, -0.2) is 23.8 Å². The van der Waals surface area contributed by atoms with Crippen molar-refractivity contribution in [3.8, 4) is 0 Å². The van der Waals surface area contributed by atoms with Crippen molar-refractivity contribution in [1.29, 1.82) is 0 Å². The van der Waals surface area contributed by atoms with Gasteiger partial charge in [0.15, 0.2) is 0 Å². The van der Waals surface area contributed by atoms with E-state index in [0.29, 0.717) is 17.1 Å². The van der Waals surface area contributed by atoms with Crippen LogP contribution in [0.3, 0.4) is 0 Å². The molecule has 0 aromatic heterocycles. The molecule has 0 aliphatic carbocycles. The Labute approximate surface area is 105 Å². The molecule has 0 saturated heterocycles. The van der Waals surface area contributed by atoms with Crippen LogP contribution in [0.5, 0.6) is 0 Å². The minimum Gasteiger partial charge on any atom is -0.459 e. The molecule has 0 saturated carbocycles. The smallest absolute Gasteiger partial charge is 0.338 e. The second kappa shape index (κ2) is 6.25. The lowest BCUT2D eigenvalue weighted by Gasteiger charge is -2.07. The van der Waals surface area contributed by atoms with Crippen LogP contribution in [0, 0.1) is 0 Å². The number of halogens is 1. The fourth-order valence-corrected chi connectivity index (χ4v) is 1.21. The topological polar surface area (TPSA) is 64.7 Å². The molecule has 0 radical (unpaired) electrons. The SMILES string of the molecule is CC(C)OC(=O)c1ccc(N=C(N)CCl)cc1. The summed E-state index contributed by atoms with van der Waals surface area (Å²) in [5.74, 6) is 0.168. The second-order valence-corrected chi connectivity index (χ2v) is 4.00. The van der Waals surface area contributed by atoms with Crippen molar-refractivity contribution in [2.45, 2.75) is 20.0 Å². The molecule has 5 heteroatoms. The summed E-state index contributed by atoms with van der Waals surface area (Å²) in [7, 11) is 0. The molecule has 92 valence electrons. The molecule has 0 aliphatic heterocycles. The number of ether oxygens (including phenoxy) is 1. The van der Waals surface area contributed by atoms with Crippen molar-refractivity contribution in [1.82, 2.24) is 0 Å². The van der Waals surface area contributed by atoms with E-state index >= 15 is 0 Å². The number of aliphatic imine (C=N–C) groups is 1. The van der Waals surface area contributed by atoms with Crippen molar-refractivity contribution in [2.75, 3.05) is 5.88 Å². The zero-order valence-electron chi connectivity index (χ0n) is 9.81. The molecule has 0 unspecified atom stereocenters. The fourth-order valence-electron chi connectivity index (χ4n) is 1.15. The minimum absolute atomic E-state index is 0.132. The highest BCUT2D eigenvalue weighted by atomic mass is 35.5. The van der Waals surface area contributed by atoms with Gasteiger partial charge in [0.25, 0.3) is 0 Å². The Morgan fingerprint density at radius 1 is 1.41 bits per heavy atom. The van der Waals surface area contributed by atoms with Crippen molar-refractivity contribution in [3.05, 3.63) is 29.8 Å². The van der Waals surface area contributed by atoms with Crippen LogP contribution in [0.15, 0.2) is 29.3 Å². The Bertz CT molecular complexity index is 413. The zero-order valence-corrected chi connectivity index (χ0v) is 10.6. The third-order valence-corrected chi connectivity index (χ3v) is 2.13. The van der Waals surface area contributed by atoms with Crippen LogP contribution in [0.2, 0.25) is 0 Å². The summed E-state index contributed by atoms with van der Waals surface area (Å²) < 4.78 is 5.06. The molecule has 0 bridgehead atoms. The van der Waals surface area contributed by atoms with Gasteiger partial charge in [-0.15, -0.1) is 11.6 Å². The summed E-state index contributed by atoms with van der Waals surface area (Å²) in [5, 5.41) is 0. The highest BCUT2D eigenvalue weighted by Crippen LogP contribution is 2.14. The maximum absolute atomic E-state index is 11.5. The largest absolute Gasteiger partial charge is 0.459 e. The monoisotopic (exact) mass is 254 g/mol. The molecule has 1 rings (SSSR count). The number of nitrogens with zero attached hydrogens (tertiary/aromatic N) is 1. The number of alkyl halides is 1. The van der Waals surface area contributed by atoms with Gasteiger partial charge in [-0.25, -0.2) is 9.79 Å². The fraction of sp³-hybridized carbons (Fsp3) is 0.333. The van der Waals surface area contributed by atoms with Gasteiger partial charge in [-0.05, 0) is 38.1 Å². The van der Waals surface area contributed by atoms with Gasteiger partial charge in [-0.2, -0.15) is 0 Å². The van der Waals surface area contributed by atoms with Crippen LogP contribution >= 0.6 is 11.6 Å². The maximum Gasteiger partial charge on any atom is 0.338 e. The molecule has 0 aliphatic rings. The van der Waals surface area contributed by atoms with E-state index in [0.717, 1.165) is 0 Å². The molecule has 0 atom stereocenters. The number of carbonyl (C=O) groups is 1. The van der Waals surface area contributed by atoms with Gasteiger partial charge in [-0.3, -0.25) is 0 Å². The first-order valence-electron chi connectivity index (χ1n) is 5.23. The Morgan fingerprint density at radius 2 is 2.00 bits per heavy atom. The Hall–Kier alpha value is -1.55. The molecular formula is C12H15ClN2O2. The number of hydrogen-bond acceptors (Lipinski definition) is 3. The lowest BCUT2D eigenvalue weighted by molar-refractivity contribution is 0.0378. The predicted octanol–water partition coefficient (Wildman–Crippen LogP) is 2.48. The molecule has 0 heterocycles. The summed E-state index contributed by atoms with van der Waals surface area (Å²) in [5.41, 5.74) is 6.64. The van der Waals surface area contributed by atoms with E-state index in [1.54, 1.807) is 38.1 Å². The molecule has 4 nitrogen and oxygen atoms in total. The first-order valence-corrected chi connectivity index (χ1v) is 5.76. The van der Waals surface area contributed by atoms with Crippen LogP contribution < -0.4 is 5.73 Å². The molecule has 1 aromatic rings. The van der Waals surface area contributed by atoms with Crippen molar-refractivity contribution in [2.24, 2.45) is 10.7 Å². The quantitative estimate of drug-likeness (QED) is 0.389. The summed E-state index contributed by atoms with van der Waals surface area (Å²) in [6.07, 6.45) is -0.132. The van der Waals surface area contributed by atoms with Crippen molar-refractivity contribution in [3.63, 3.8) is 0 Å². The molecule has 0 spiro atoms. The Kier molecular flexibility index (Phi) is 4.97. The number of amidine groups is 1. The first kappa shape index (κ1) is 13.5. The number of rotatable bonds is 4. The Morgan fingerprint density at radius 3 is 2.47 bits per heavy atom. The van der Waals surface area contributed by atoms with Gasteiger partial charge >= 0.3 is 5.97 Å². The van der Waals surface area contributed by atoms with Gasteiger partial charge in [0.05, 0.1) is 23.2 Å². The van der Waals surface area contributed by atoms with Crippen LogP contribution in [-0.2, 0) is 4.74 Å². The van der Waals surface area contributed by atoms with Crippen molar-refractivity contribution < 1.29 is 9.53 Å². The van der Waals surface area contributed by atoms with Gasteiger partial charge < -0.3 is 10.5 Å². The predicted molar refractivity (Wildman–Crippen MR) is 69.0 cm³/mol. The van der Waals surface area contributed by atoms with Crippen LogP contribution in [0.25, 0.3) is 0 Å². The summed E-state index contributed by atoms with van der Waals surface area (Å²) in [6.45, 7) is 3.61. The van der Waals surface area contributed by atoms with Gasteiger partial charge in [-0.1, -0.05) is 0 Å². The molecule has 0 amide bonds. The van der Waals surface area contributed by atoms with Crippen molar-refractivity contribution >= 4 is 29.1 Å². The number of benzene rings is 1. The van der Waals surface area contributed by atoms with E-state index < -0.39 is 0 Å². The number of esters is 1. The summed E-state index contributed by atoms with van der Waals surface area (Å²) in [4.78, 5) is 15.6. The van der Waals surface area contributed by atoms with E-state index in [-0.39, 0.29) is 18.0 Å². The molecule has 0 fully saturated rings. The molecular weight excluding hydrogens is 240 g/mol. The standard InChI is InChI=1S/C12H15ClN2O2/c1-8(2)17-12(16)9-3-5-10(6-4-9)15-11(14)7-13/h3-6,8H,7H2,1-2H3,(H2,14,15).